The monoisotopic (exact) mass is 436 g/mol. The number of ether oxygens (including phenoxy) is 2. The quantitative estimate of drug-likeness (QED) is 0.595. The van der Waals surface area contributed by atoms with E-state index in [0.717, 1.165) is 0 Å². The number of aromatic amines is 1. The van der Waals surface area contributed by atoms with Crippen LogP contribution in [0.2, 0.25) is 10.2 Å². The maximum Gasteiger partial charge on any atom is 0.274 e. The molecule has 2 aromatic heterocycles. The summed E-state index contributed by atoms with van der Waals surface area (Å²) in [7, 11) is 2.98. The second-order valence-corrected chi connectivity index (χ2v) is 6.82. The molecule has 0 spiro atoms. The third-order valence-electron chi connectivity index (χ3n) is 4.28. The zero-order valence-electron chi connectivity index (χ0n) is 16.0. The Kier molecular flexibility index (Phi) is 6.24. The molecule has 8 nitrogen and oxygen atoms in total. The number of nitrogens with one attached hydrogen (secondary N) is 1. The number of carbonyl (C=O) groups excluding carboxylic acids is 1. The molecule has 1 aromatic carbocycles. The normalized spacial score (nSPS) is 10.8. The summed E-state index contributed by atoms with van der Waals surface area (Å²) in [6, 6.07) is 6.18. The first kappa shape index (κ1) is 20.9. The highest BCUT2D eigenvalue weighted by molar-refractivity contribution is 6.34. The van der Waals surface area contributed by atoms with Crippen LogP contribution in [0.3, 0.4) is 0 Å². The molecule has 1 amide bonds. The fourth-order valence-corrected chi connectivity index (χ4v) is 3.15. The average Bonchev–Trinajstić information content (AvgIpc) is 2.72. The van der Waals surface area contributed by atoms with Gasteiger partial charge in [-0.05, 0) is 25.1 Å². The molecule has 0 aliphatic heterocycles. The van der Waals surface area contributed by atoms with Gasteiger partial charge in [0.2, 0.25) is 0 Å². The van der Waals surface area contributed by atoms with Crippen molar-refractivity contribution in [2.24, 2.45) is 0 Å². The second kappa shape index (κ2) is 8.67. The Morgan fingerprint density at radius 3 is 2.48 bits per heavy atom. The zero-order valence-corrected chi connectivity index (χ0v) is 17.5. The fourth-order valence-electron chi connectivity index (χ4n) is 2.82. The molecule has 0 atom stereocenters. The van der Waals surface area contributed by atoms with Crippen LogP contribution in [0.5, 0.6) is 11.5 Å². The van der Waals surface area contributed by atoms with Gasteiger partial charge < -0.3 is 19.4 Å². The van der Waals surface area contributed by atoms with E-state index in [2.05, 4.69) is 15.0 Å². The molecule has 0 unspecified atom stereocenters. The average molecular weight is 437 g/mol. The molecule has 0 radical (unpaired) electrons. The summed E-state index contributed by atoms with van der Waals surface area (Å²) in [4.78, 5) is 38.0. The van der Waals surface area contributed by atoms with Crippen molar-refractivity contribution in [1.29, 1.82) is 0 Å². The number of methoxy groups -OCH3 is 2. The molecular weight excluding hydrogens is 419 g/mol. The van der Waals surface area contributed by atoms with Crippen molar-refractivity contribution in [2.45, 2.75) is 13.5 Å². The molecule has 0 saturated carbocycles. The Morgan fingerprint density at radius 1 is 1.14 bits per heavy atom. The smallest absolute Gasteiger partial charge is 0.274 e. The van der Waals surface area contributed by atoms with E-state index in [0.29, 0.717) is 34.8 Å². The summed E-state index contributed by atoms with van der Waals surface area (Å²) < 4.78 is 10.5. The van der Waals surface area contributed by atoms with Gasteiger partial charge in [0.15, 0.2) is 11.5 Å². The summed E-state index contributed by atoms with van der Waals surface area (Å²) in [5, 5.41) is 0.696. The van der Waals surface area contributed by atoms with E-state index in [-0.39, 0.29) is 28.0 Å². The highest BCUT2D eigenvalue weighted by Gasteiger charge is 2.21. The van der Waals surface area contributed by atoms with Gasteiger partial charge in [0, 0.05) is 12.6 Å². The van der Waals surface area contributed by atoms with Crippen molar-refractivity contribution in [2.75, 3.05) is 20.8 Å². The predicted molar refractivity (Wildman–Crippen MR) is 110 cm³/mol. The van der Waals surface area contributed by atoms with Gasteiger partial charge in [-0.25, -0.2) is 9.97 Å². The molecule has 29 heavy (non-hydrogen) atoms. The van der Waals surface area contributed by atoms with Crippen molar-refractivity contribution < 1.29 is 14.3 Å². The summed E-state index contributed by atoms with van der Waals surface area (Å²) in [6.07, 6.45) is 0. The van der Waals surface area contributed by atoms with Crippen molar-refractivity contribution in [3.8, 4) is 11.5 Å². The number of pyridine rings is 1. The number of rotatable bonds is 6. The fraction of sp³-hybridized carbons (Fsp3) is 0.263. The van der Waals surface area contributed by atoms with Crippen LogP contribution in [0, 0.1) is 0 Å². The van der Waals surface area contributed by atoms with Crippen LogP contribution in [-0.4, -0.2) is 46.5 Å². The molecular formula is C19H18Cl2N4O4. The standard InChI is InChI=1S/C19H18Cl2N4O4/c1-4-25(19(27)17-11(20)5-6-15(21)23-17)9-16-22-12-8-14(29-3)13(28-2)7-10(12)18(26)24-16/h5-8H,4,9H2,1-3H3,(H,22,24,26). The predicted octanol–water partition coefficient (Wildman–Crippen LogP) is 3.30. The first-order chi connectivity index (χ1) is 13.9. The molecule has 2 heterocycles. The molecule has 0 saturated heterocycles. The van der Waals surface area contributed by atoms with Gasteiger partial charge in [0.1, 0.15) is 16.7 Å². The van der Waals surface area contributed by atoms with Gasteiger partial charge in [0.25, 0.3) is 11.5 Å². The van der Waals surface area contributed by atoms with Crippen LogP contribution in [0.25, 0.3) is 10.9 Å². The number of aromatic nitrogens is 3. The van der Waals surface area contributed by atoms with Crippen molar-refractivity contribution in [1.82, 2.24) is 19.9 Å². The lowest BCUT2D eigenvalue weighted by atomic mass is 10.2. The maximum atomic E-state index is 12.8. The first-order valence-corrected chi connectivity index (χ1v) is 9.39. The minimum atomic E-state index is -0.421. The van der Waals surface area contributed by atoms with Crippen molar-refractivity contribution in [3.05, 3.63) is 56.3 Å². The first-order valence-electron chi connectivity index (χ1n) is 8.64. The van der Waals surface area contributed by atoms with Gasteiger partial charge in [-0.3, -0.25) is 9.59 Å². The number of carbonyl (C=O) groups is 1. The molecule has 0 aliphatic carbocycles. The SMILES string of the molecule is CCN(Cc1nc2cc(OC)c(OC)cc2c(=O)[nH]1)C(=O)c1nc(Cl)ccc1Cl. The number of H-pyrrole nitrogens is 1. The Bertz CT molecular complexity index is 1130. The van der Waals surface area contributed by atoms with E-state index < -0.39 is 5.91 Å². The highest BCUT2D eigenvalue weighted by Crippen LogP contribution is 2.30. The van der Waals surface area contributed by atoms with E-state index in [1.807, 2.05) is 0 Å². The Hall–Kier alpha value is -2.84. The minimum Gasteiger partial charge on any atom is -0.493 e. The minimum absolute atomic E-state index is 0.0376. The van der Waals surface area contributed by atoms with Crippen molar-refractivity contribution >= 4 is 40.0 Å². The highest BCUT2D eigenvalue weighted by atomic mass is 35.5. The van der Waals surface area contributed by atoms with Gasteiger partial charge in [-0.15, -0.1) is 0 Å². The van der Waals surface area contributed by atoms with Gasteiger partial charge >= 0.3 is 0 Å². The van der Waals surface area contributed by atoms with Crippen molar-refractivity contribution in [3.63, 3.8) is 0 Å². The zero-order chi connectivity index (χ0) is 21.1. The lowest BCUT2D eigenvalue weighted by Gasteiger charge is -2.20. The molecule has 1 N–H and O–H groups in total. The molecule has 3 aromatic rings. The van der Waals surface area contributed by atoms with Crippen LogP contribution in [0.15, 0.2) is 29.1 Å². The van der Waals surface area contributed by atoms with Gasteiger partial charge in [-0.1, -0.05) is 23.2 Å². The van der Waals surface area contributed by atoms with Gasteiger partial charge in [0.05, 0.1) is 36.7 Å². The third-order valence-corrected chi connectivity index (χ3v) is 4.80. The second-order valence-electron chi connectivity index (χ2n) is 6.02. The van der Waals surface area contributed by atoms with E-state index in [1.165, 1.54) is 31.3 Å². The van der Waals surface area contributed by atoms with Crippen LogP contribution >= 0.6 is 23.2 Å². The van der Waals surface area contributed by atoms with Gasteiger partial charge in [-0.2, -0.15) is 0 Å². The molecule has 0 bridgehead atoms. The lowest BCUT2D eigenvalue weighted by molar-refractivity contribution is 0.0742. The number of halogens is 2. The largest absolute Gasteiger partial charge is 0.493 e. The van der Waals surface area contributed by atoms with Crippen LogP contribution in [0.4, 0.5) is 0 Å². The van der Waals surface area contributed by atoms with E-state index in [4.69, 9.17) is 32.7 Å². The Morgan fingerprint density at radius 2 is 1.83 bits per heavy atom. The topological polar surface area (TPSA) is 97.4 Å². The molecule has 10 heteroatoms. The number of benzene rings is 1. The summed E-state index contributed by atoms with van der Waals surface area (Å²) in [5.74, 6) is 0.757. The number of fused-ring (bicyclic) bond motifs is 1. The van der Waals surface area contributed by atoms with E-state index >= 15 is 0 Å². The van der Waals surface area contributed by atoms with Crippen LogP contribution < -0.4 is 15.0 Å². The number of amides is 1. The molecule has 0 fully saturated rings. The van der Waals surface area contributed by atoms with E-state index in [9.17, 15) is 9.59 Å². The number of hydrogen-bond donors (Lipinski definition) is 1. The van der Waals surface area contributed by atoms with Crippen LogP contribution in [-0.2, 0) is 6.54 Å². The Balaban J connectivity index is 1.98. The summed E-state index contributed by atoms with van der Waals surface area (Å²) >= 11 is 12.0. The lowest BCUT2D eigenvalue weighted by Crippen LogP contribution is -2.32. The third kappa shape index (κ3) is 4.28. The number of nitrogens with zero attached hydrogens (tertiary/aromatic N) is 3. The maximum absolute atomic E-state index is 12.8. The molecule has 3 rings (SSSR count). The number of hydrogen-bond acceptors (Lipinski definition) is 6. The van der Waals surface area contributed by atoms with E-state index in [1.54, 1.807) is 19.1 Å². The summed E-state index contributed by atoms with van der Waals surface area (Å²) in [5.41, 5.74) is 0.104. The Labute approximate surface area is 176 Å². The van der Waals surface area contributed by atoms with Crippen LogP contribution in [0.1, 0.15) is 23.2 Å². The summed E-state index contributed by atoms with van der Waals surface area (Å²) in [6.45, 7) is 2.19. The molecule has 0 aliphatic rings. The molecule has 152 valence electrons.